The van der Waals surface area contributed by atoms with Gasteiger partial charge in [0.2, 0.25) is 11.8 Å². The molecule has 0 radical (unpaired) electrons. The summed E-state index contributed by atoms with van der Waals surface area (Å²) < 4.78 is 0. The van der Waals surface area contributed by atoms with E-state index in [2.05, 4.69) is 17.6 Å². The molecule has 0 aliphatic carbocycles. The Labute approximate surface area is 180 Å². The van der Waals surface area contributed by atoms with Crippen LogP contribution in [0.25, 0.3) is 0 Å². The molecule has 1 saturated heterocycles. The summed E-state index contributed by atoms with van der Waals surface area (Å²) >= 11 is 0. The predicted octanol–water partition coefficient (Wildman–Crippen LogP) is 3.39. The Kier molecular flexibility index (Phi) is 8.69. The molecule has 1 aromatic rings. The van der Waals surface area contributed by atoms with Crippen LogP contribution in [0.2, 0.25) is 0 Å². The maximum Gasteiger partial charge on any atom is 0.319 e. The lowest BCUT2D eigenvalue weighted by molar-refractivity contribution is -0.144. The lowest BCUT2D eigenvalue weighted by Crippen LogP contribution is -2.60. The number of rotatable bonds is 7. The second-order valence-electron chi connectivity index (χ2n) is 8.51. The predicted molar refractivity (Wildman–Crippen MR) is 119 cm³/mol. The molecule has 1 heterocycles. The van der Waals surface area contributed by atoms with Crippen molar-refractivity contribution in [1.29, 1.82) is 0 Å². The van der Waals surface area contributed by atoms with Gasteiger partial charge in [0.25, 0.3) is 0 Å². The van der Waals surface area contributed by atoms with E-state index in [9.17, 15) is 14.4 Å². The van der Waals surface area contributed by atoms with E-state index >= 15 is 0 Å². The zero-order valence-corrected chi connectivity index (χ0v) is 18.9. The molecule has 4 amide bonds. The van der Waals surface area contributed by atoms with E-state index < -0.39 is 12.1 Å². The molecule has 0 aromatic heterocycles. The zero-order valence-electron chi connectivity index (χ0n) is 18.9. The van der Waals surface area contributed by atoms with Gasteiger partial charge < -0.3 is 20.4 Å². The van der Waals surface area contributed by atoms with E-state index in [1.807, 2.05) is 56.9 Å². The quantitative estimate of drug-likeness (QED) is 0.715. The number of anilines is 1. The van der Waals surface area contributed by atoms with Crippen LogP contribution < -0.4 is 10.6 Å². The Morgan fingerprint density at radius 1 is 1.20 bits per heavy atom. The molecule has 30 heavy (non-hydrogen) atoms. The number of hydrogen-bond donors (Lipinski definition) is 2. The van der Waals surface area contributed by atoms with Gasteiger partial charge in [0.05, 0.1) is 0 Å². The van der Waals surface area contributed by atoms with E-state index in [0.29, 0.717) is 31.7 Å². The van der Waals surface area contributed by atoms with E-state index in [1.165, 1.54) is 0 Å². The molecule has 1 aromatic carbocycles. The molecule has 2 atom stereocenters. The summed E-state index contributed by atoms with van der Waals surface area (Å²) in [5, 5.41) is 5.64. The van der Waals surface area contributed by atoms with Crippen LogP contribution in [0.4, 0.5) is 10.5 Å². The highest BCUT2D eigenvalue weighted by atomic mass is 16.2. The Balaban J connectivity index is 1.96. The lowest BCUT2D eigenvalue weighted by Gasteiger charge is -2.41. The third-order valence-electron chi connectivity index (χ3n) is 5.50. The molecule has 166 valence electrons. The van der Waals surface area contributed by atoms with Crippen molar-refractivity contribution in [1.82, 2.24) is 15.1 Å². The number of nitrogens with one attached hydrogen (secondary N) is 2. The van der Waals surface area contributed by atoms with Crippen LogP contribution in [0, 0.1) is 12.8 Å². The van der Waals surface area contributed by atoms with Crippen molar-refractivity contribution >= 4 is 23.5 Å². The highest BCUT2D eigenvalue weighted by molar-refractivity contribution is 5.94. The van der Waals surface area contributed by atoms with Crippen molar-refractivity contribution in [2.24, 2.45) is 5.92 Å². The normalized spacial score (nSPS) is 17.6. The first kappa shape index (κ1) is 23.7. The summed E-state index contributed by atoms with van der Waals surface area (Å²) in [6, 6.07) is 6.48. The van der Waals surface area contributed by atoms with Gasteiger partial charge >= 0.3 is 6.03 Å². The van der Waals surface area contributed by atoms with E-state index in [4.69, 9.17) is 0 Å². The van der Waals surface area contributed by atoms with Crippen LogP contribution in [0.3, 0.4) is 0 Å². The summed E-state index contributed by atoms with van der Waals surface area (Å²) in [7, 11) is 0. The van der Waals surface area contributed by atoms with Gasteiger partial charge in [-0.25, -0.2) is 4.79 Å². The molecule has 2 rings (SSSR count). The van der Waals surface area contributed by atoms with Crippen LogP contribution in [0.5, 0.6) is 0 Å². The number of urea groups is 1. The maximum atomic E-state index is 13.2. The van der Waals surface area contributed by atoms with E-state index in [1.54, 1.807) is 4.90 Å². The number of unbranched alkanes of at least 4 members (excludes halogenated alkanes) is 1. The molecule has 1 fully saturated rings. The molecule has 0 spiro atoms. The molecule has 2 unspecified atom stereocenters. The average molecular weight is 417 g/mol. The smallest absolute Gasteiger partial charge is 0.319 e. The van der Waals surface area contributed by atoms with Gasteiger partial charge in [-0.3, -0.25) is 9.59 Å². The summed E-state index contributed by atoms with van der Waals surface area (Å²) in [6.45, 7) is 11.4. The minimum Gasteiger partial charge on any atom is -0.337 e. The fourth-order valence-corrected chi connectivity index (χ4v) is 3.74. The number of carbonyl (C=O) groups is 3. The number of hydrogen-bond acceptors (Lipinski definition) is 3. The highest BCUT2D eigenvalue weighted by Gasteiger charge is 2.34. The van der Waals surface area contributed by atoms with Crippen LogP contribution in [0.1, 0.15) is 52.5 Å². The summed E-state index contributed by atoms with van der Waals surface area (Å²) in [5.74, 6) is 0.00435. The Hall–Kier alpha value is -2.57. The Morgan fingerprint density at radius 3 is 2.53 bits per heavy atom. The zero-order chi connectivity index (χ0) is 22.3. The van der Waals surface area contributed by atoms with Gasteiger partial charge in [0.15, 0.2) is 0 Å². The fourth-order valence-electron chi connectivity index (χ4n) is 3.74. The third-order valence-corrected chi connectivity index (χ3v) is 5.50. The highest BCUT2D eigenvalue weighted by Crippen LogP contribution is 2.16. The number of aryl methyl sites for hydroxylation is 1. The number of nitrogens with zero attached hydrogens (tertiary/aromatic N) is 2. The number of amides is 4. The van der Waals surface area contributed by atoms with E-state index in [-0.39, 0.29) is 23.8 Å². The monoisotopic (exact) mass is 416 g/mol. The van der Waals surface area contributed by atoms with Crippen molar-refractivity contribution in [2.45, 2.75) is 66.0 Å². The largest absolute Gasteiger partial charge is 0.337 e. The molecule has 0 bridgehead atoms. The Bertz CT molecular complexity index is 750. The van der Waals surface area contributed by atoms with Crippen LogP contribution in [0.15, 0.2) is 24.3 Å². The molecular formula is C23H36N4O3. The van der Waals surface area contributed by atoms with Crippen molar-refractivity contribution in [2.75, 3.05) is 25.0 Å². The third kappa shape index (κ3) is 6.47. The first-order valence-corrected chi connectivity index (χ1v) is 10.9. The molecule has 2 N–H and O–H groups in total. The molecule has 7 nitrogen and oxygen atoms in total. The van der Waals surface area contributed by atoms with Gasteiger partial charge in [-0.1, -0.05) is 39.3 Å². The standard InChI is InChI=1S/C23H36N4O3/c1-6-7-11-20(28)27-13-12-26(15-18(27)5)22(29)21(16(2)3)25-23(30)24-19-10-8-9-17(4)14-19/h8-10,14,16,18,21H,6-7,11-13,15H2,1-5H3,(H2,24,25,30). The molecule has 1 aliphatic rings. The summed E-state index contributed by atoms with van der Waals surface area (Å²) in [4.78, 5) is 41.7. The topological polar surface area (TPSA) is 81.8 Å². The maximum absolute atomic E-state index is 13.2. The van der Waals surface area contributed by atoms with Crippen molar-refractivity contribution in [3.63, 3.8) is 0 Å². The van der Waals surface area contributed by atoms with Gasteiger partial charge in [0, 0.05) is 37.8 Å². The summed E-state index contributed by atoms with van der Waals surface area (Å²) in [5.41, 5.74) is 1.74. The summed E-state index contributed by atoms with van der Waals surface area (Å²) in [6.07, 6.45) is 2.44. The number of benzene rings is 1. The average Bonchev–Trinajstić information content (AvgIpc) is 2.69. The Morgan fingerprint density at radius 2 is 1.93 bits per heavy atom. The number of carbonyl (C=O) groups excluding carboxylic acids is 3. The minimum atomic E-state index is -0.621. The minimum absolute atomic E-state index is 0.0269. The number of piperazine rings is 1. The lowest BCUT2D eigenvalue weighted by atomic mass is 10.0. The van der Waals surface area contributed by atoms with Crippen LogP contribution in [-0.4, -0.2) is 59.4 Å². The first-order chi connectivity index (χ1) is 14.2. The van der Waals surface area contributed by atoms with Crippen molar-refractivity contribution < 1.29 is 14.4 Å². The van der Waals surface area contributed by atoms with Gasteiger partial charge in [-0.05, 0) is 43.9 Å². The second kappa shape index (κ2) is 11.0. The molecule has 7 heteroatoms. The van der Waals surface area contributed by atoms with Crippen LogP contribution in [-0.2, 0) is 9.59 Å². The van der Waals surface area contributed by atoms with E-state index in [0.717, 1.165) is 18.4 Å². The van der Waals surface area contributed by atoms with Gasteiger partial charge in [-0.15, -0.1) is 0 Å². The van der Waals surface area contributed by atoms with Crippen molar-refractivity contribution in [3.05, 3.63) is 29.8 Å². The first-order valence-electron chi connectivity index (χ1n) is 10.9. The molecular weight excluding hydrogens is 380 g/mol. The van der Waals surface area contributed by atoms with Crippen LogP contribution >= 0.6 is 0 Å². The van der Waals surface area contributed by atoms with Crippen molar-refractivity contribution in [3.8, 4) is 0 Å². The van der Waals surface area contributed by atoms with Gasteiger partial charge in [0.1, 0.15) is 6.04 Å². The molecule has 0 saturated carbocycles. The molecule has 1 aliphatic heterocycles. The second-order valence-corrected chi connectivity index (χ2v) is 8.51. The fraction of sp³-hybridized carbons (Fsp3) is 0.609. The SMILES string of the molecule is CCCCC(=O)N1CCN(C(=O)C(NC(=O)Nc2cccc(C)c2)C(C)C)CC1C. The van der Waals surface area contributed by atoms with Gasteiger partial charge in [-0.2, -0.15) is 0 Å².